The van der Waals surface area contributed by atoms with E-state index >= 15 is 0 Å². The van der Waals surface area contributed by atoms with Gasteiger partial charge in [0.15, 0.2) is 0 Å². The second-order valence-corrected chi connectivity index (χ2v) is 7.75. The lowest BCUT2D eigenvalue weighted by atomic mass is 9.96. The molecule has 0 bridgehead atoms. The number of rotatable bonds is 4. The number of amides is 1. The van der Waals surface area contributed by atoms with Gasteiger partial charge >= 0.3 is 0 Å². The highest BCUT2D eigenvalue weighted by Gasteiger charge is 2.29. The summed E-state index contributed by atoms with van der Waals surface area (Å²) in [5.74, 6) is 0.416. The molecule has 2 aliphatic rings. The molecule has 2 heterocycles. The Morgan fingerprint density at radius 2 is 2.10 bits per heavy atom. The highest BCUT2D eigenvalue weighted by molar-refractivity contribution is 7.88. The van der Waals surface area contributed by atoms with Crippen LogP contribution in [0.15, 0.2) is 0 Å². The van der Waals surface area contributed by atoms with Crippen LogP contribution in [0.25, 0.3) is 0 Å². The van der Waals surface area contributed by atoms with Crippen molar-refractivity contribution in [3.05, 3.63) is 0 Å². The number of nitrogens with zero attached hydrogens (tertiary/aromatic N) is 1. The molecule has 0 radical (unpaired) electrons. The van der Waals surface area contributed by atoms with Crippen molar-refractivity contribution in [2.45, 2.75) is 38.1 Å². The minimum Gasteiger partial charge on any atom is -0.341 e. The number of piperidine rings is 2. The zero-order valence-corrected chi connectivity index (χ0v) is 12.9. The van der Waals surface area contributed by atoms with Gasteiger partial charge in [0.2, 0.25) is 15.9 Å². The third-order valence-electron chi connectivity index (χ3n) is 4.07. The molecule has 2 atom stereocenters. The number of hydrogen-bond donors (Lipinski definition) is 2. The molecule has 2 aliphatic heterocycles. The Morgan fingerprint density at radius 1 is 1.30 bits per heavy atom. The van der Waals surface area contributed by atoms with Crippen LogP contribution in [-0.4, -0.2) is 57.7 Å². The van der Waals surface area contributed by atoms with E-state index in [4.69, 9.17) is 0 Å². The van der Waals surface area contributed by atoms with Gasteiger partial charge in [-0.15, -0.1) is 0 Å². The molecule has 20 heavy (non-hydrogen) atoms. The van der Waals surface area contributed by atoms with Crippen LogP contribution in [0.2, 0.25) is 0 Å². The Kier molecular flexibility index (Phi) is 5.40. The number of nitrogens with one attached hydrogen (secondary N) is 2. The van der Waals surface area contributed by atoms with Crippen LogP contribution in [0, 0.1) is 5.92 Å². The van der Waals surface area contributed by atoms with Crippen molar-refractivity contribution in [3.8, 4) is 0 Å². The molecule has 0 spiro atoms. The first-order valence-corrected chi connectivity index (χ1v) is 9.31. The second-order valence-electron chi connectivity index (χ2n) is 5.92. The minimum atomic E-state index is -3.15. The first-order valence-electron chi connectivity index (χ1n) is 7.42. The number of likely N-dealkylation sites (tertiary alicyclic amines) is 1. The summed E-state index contributed by atoms with van der Waals surface area (Å²) in [5.41, 5.74) is 0. The van der Waals surface area contributed by atoms with E-state index in [2.05, 4.69) is 10.0 Å². The summed E-state index contributed by atoms with van der Waals surface area (Å²) in [6.45, 7) is 2.82. The topological polar surface area (TPSA) is 78.5 Å². The smallest absolute Gasteiger partial charge is 0.239 e. The van der Waals surface area contributed by atoms with E-state index in [-0.39, 0.29) is 17.9 Å². The number of sulfonamides is 1. The molecule has 2 unspecified atom stereocenters. The monoisotopic (exact) mass is 303 g/mol. The van der Waals surface area contributed by atoms with E-state index in [1.807, 2.05) is 4.90 Å². The Morgan fingerprint density at radius 3 is 2.75 bits per heavy atom. The quantitative estimate of drug-likeness (QED) is 0.761. The lowest BCUT2D eigenvalue weighted by molar-refractivity contribution is -0.135. The fourth-order valence-corrected chi connectivity index (χ4v) is 3.52. The standard InChI is InChI=1S/C13H25N3O3S/c1-20(18,19)15-9-11-5-4-8-16(10-11)13(17)12-6-2-3-7-14-12/h11-12,14-15H,2-10H2,1H3. The van der Waals surface area contributed by atoms with Gasteiger partial charge in [-0.1, -0.05) is 6.42 Å². The molecule has 0 aromatic heterocycles. The first-order chi connectivity index (χ1) is 9.46. The van der Waals surface area contributed by atoms with Gasteiger partial charge < -0.3 is 10.2 Å². The fourth-order valence-electron chi connectivity index (χ4n) is 2.98. The SMILES string of the molecule is CS(=O)(=O)NCC1CCCN(C(=O)C2CCCCN2)C1. The summed E-state index contributed by atoms with van der Waals surface area (Å²) >= 11 is 0. The Balaban J connectivity index is 1.84. The van der Waals surface area contributed by atoms with Crippen molar-refractivity contribution >= 4 is 15.9 Å². The molecule has 2 fully saturated rings. The van der Waals surface area contributed by atoms with Crippen molar-refractivity contribution < 1.29 is 13.2 Å². The van der Waals surface area contributed by atoms with E-state index in [1.165, 1.54) is 6.26 Å². The van der Waals surface area contributed by atoms with Crippen LogP contribution >= 0.6 is 0 Å². The van der Waals surface area contributed by atoms with Gasteiger partial charge in [0.05, 0.1) is 12.3 Å². The van der Waals surface area contributed by atoms with E-state index < -0.39 is 10.0 Å². The van der Waals surface area contributed by atoms with Gasteiger partial charge in [0.25, 0.3) is 0 Å². The Labute approximate surface area is 121 Å². The molecule has 1 amide bonds. The van der Waals surface area contributed by atoms with Crippen LogP contribution < -0.4 is 10.0 Å². The summed E-state index contributed by atoms with van der Waals surface area (Å²) in [5, 5.41) is 3.28. The van der Waals surface area contributed by atoms with Crippen molar-refractivity contribution in [3.63, 3.8) is 0 Å². The Bertz CT molecular complexity index is 432. The zero-order valence-electron chi connectivity index (χ0n) is 12.1. The van der Waals surface area contributed by atoms with Crippen LogP contribution in [-0.2, 0) is 14.8 Å². The summed E-state index contributed by atoms with van der Waals surface area (Å²) in [6, 6.07) is -0.0367. The number of hydrogen-bond acceptors (Lipinski definition) is 4. The van der Waals surface area contributed by atoms with Gasteiger partial charge in [0.1, 0.15) is 0 Å². The van der Waals surface area contributed by atoms with E-state index in [0.29, 0.717) is 13.1 Å². The molecular weight excluding hydrogens is 278 g/mol. The van der Waals surface area contributed by atoms with Gasteiger partial charge in [-0.2, -0.15) is 0 Å². The van der Waals surface area contributed by atoms with Gasteiger partial charge in [-0.3, -0.25) is 4.79 Å². The van der Waals surface area contributed by atoms with Crippen molar-refractivity contribution in [2.75, 3.05) is 32.4 Å². The maximum Gasteiger partial charge on any atom is 0.239 e. The van der Waals surface area contributed by atoms with Crippen molar-refractivity contribution in [1.82, 2.24) is 14.9 Å². The average Bonchev–Trinajstić information content (AvgIpc) is 2.45. The molecule has 116 valence electrons. The number of carbonyl (C=O) groups is 1. The van der Waals surface area contributed by atoms with E-state index in [9.17, 15) is 13.2 Å². The lowest BCUT2D eigenvalue weighted by Crippen LogP contribution is -2.52. The molecule has 2 saturated heterocycles. The highest BCUT2D eigenvalue weighted by Crippen LogP contribution is 2.18. The molecule has 0 aromatic rings. The summed E-state index contributed by atoms with van der Waals surface area (Å²) < 4.78 is 24.8. The second kappa shape index (κ2) is 6.87. The van der Waals surface area contributed by atoms with Gasteiger partial charge in [0, 0.05) is 19.6 Å². The highest BCUT2D eigenvalue weighted by atomic mass is 32.2. The Hall–Kier alpha value is -0.660. The zero-order chi connectivity index (χ0) is 14.6. The molecule has 6 nitrogen and oxygen atoms in total. The van der Waals surface area contributed by atoms with Crippen molar-refractivity contribution in [1.29, 1.82) is 0 Å². The minimum absolute atomic E-state index is 0.0367. The molecule has 2 rings (SSSR count). The van der Waals surface area contributed by atoms with Gasteiger partial charge in [-0.05, 0) is 38.1 Å². The predicted octanol–water partition coefficient (Wildman–Crippen LogP) is -0.0837. The average molecular weight is 303 g/mol. The lowest BCUT2D eigenvalue weighted by Gasteiger charge is -2.36. The molecule has 0 saturated carbocycles. The molecule has 2 N–H and O–H groups in total. The first kappa shape index (κ1) is 15.7. The van der Waals surface area contributed by atoms with Crippen LogP contribution in [0.3, 0.4) is 0 Å². The molecule has 7 heteroatoms. The van der Waals surface area contributed by atoms with Crippen LogP contribution in [0.4, 0.5) is 0 Å². The number of carbonyl (C=O) groups excluding carboxylic acids is 1. The predicted molar refractivity (Wildman–Crippen MR) is 77.8 cm³/mol. The van der Waals surface area contributed by atoms with Gasteiger partial charge in [-0.25, -0.2) is 13.1 Å². The largest absolute Gasteiger partial charge is 0.341 e. The molecule has 0 aromatic carbocycles. The molecular formula is C13H25N3O3S. The van der Waals surface area contributed by atoms with E-state index in [0.717, 1.165) is 45.2 Å². The van der Waals surface area contributed by atoms with Crippen LogP contribution in [0.1, 0.15) is 32.1 Å². The summed E-state index contributed by atoms with van der Waals surface area (Å²) in [4.78, 5) is 14.3. The summed E-state index contributed by atoms with van der Waals surface area (Å²) in [7, 11) is -3.15. The maximum atomic E-state index is 12.4. The fraction of sp³-hybridized carbons (Fsp3) is 0.923. The normalized spacial score (nSPS) is 28.4. The molecule has 0 aliphatic carbocycles. The third kappa shape index (κ3) is 4.71. The third-order valence-corrected chi connectivity index (χ3v) is 4.76. The van der Waals surface area contributed by atoms with Crippen molar-refractivity contribution in [2.24, 2.45) is 5.92 Å². The summed E-state index contributed by atoms with van der Waals surface area (Å²) in [6.07, 6.45) is 6.27. The van der Waals surface area contributed by atoms with Crippen LogP contribution in [0.5, 0.6) is 0 Å². The van der Waals surface area contributed by atoms with E-state index in [1.54, 1.807) is 0 Å². The maximum absolute atomic E-state index is 12.4.